The fourth-order valence-corrected chi connectivity index (χ4v) is 2.71. The normalized spacial score (nSPS) is 11.4. The molecule has 2 aromatic heterocycles. The smallest absolute Gasteiger partial charge is 0.313 e. The number of aromatic nitrogens is 3. The zero-order valence-electron chi connectivity index (χ0n) is 14.3. The molecule has 0 atom stereocenters. The molecule has 0 aliphatic rings. The van der Waals surface area contributed by atoms with E-state index in [2.05, 4.69) is 10.3 Å². The minimum Gasteiger partial charge on any atom is -0.313 e. The number of rotatable bonds is 5. The van der Waals surface area contributed by atoms with Crippen LogP contribution in [0.1, 0.15) is 11.1 Å². The quantitative estimate of drug-likeness (QED) is 0.701. The van der Waals surface area contributed by atoms with Crippen molar-refractivity contribution in [3.8, 4) is 0 Å². The summed E-state index contributed by atoms with van der Waals surface area (Å²) in [5.41, 5.74) is -0.936. The second-order valence-corrected chi connectivity index (χ2v) is 6.31. The molecular formula is C18H14ClF3N4O2. The van der Waals surface area contributed by atoms with Crippen LogP contribution in [0.4, 0.5) is 19.1 Å². The van der Waals surface area contributed by atoms with Crippen molar-refractivity contribution in [2.24, 2.45) is 0 Å². The number of hydrogen-bond acceptors (Lipinski definition) is 3. The number of nitrogens with one attached hydrogen (secondary N) is 1. The predicted octanol–water partition coefficient (Wildman–Crippen LogP) is 3.40. The van der Waals surface area contributed by atoms with Gasteiger partial charge in [0.2, 0.25) is 11.9 Å². The molecule has 1 amide bonds. The van der Waals surface area contributed by atoms with Crippen molar-refractivity contribution in [2.75, 3.05) is 5.32 Å². The van der Waals surface area contributed by atoms with Crippen molar-refractivity contribution < 1.29 is 18.0 Å². The van der Waals surface area contributed by atoms with Gasteiger partial charge in [-0.3, -0.25) is 14.9 Å². The van der Waals surface area contributed by atoms with Crippen LogP contribution in [0.25, 0.3) is 0 Å². The van der Waals surface area contributed by atoms with E-state index < -0.39 is 29.8 Å². The van der Waals surface area contributed by atoms with Gasteiger partial charge < -0.3 is 9.13 Å². The first-order valence-corrected chi connectivity index (χ1v) is 8.44. The SMILES string of the molecule is O=C(Cn1cc(C(F)(F)F)ccc1=O)Nc1nccn1Cc1ccccc1Cl. The van der Waals surface area contributed by atoms with E-state index in [1.54, 1.807) is 22.9 Å². The zero-order chi connectivity index (χ0) is 20.3. The summed E-state index contributed by atoms with van der Waals surface area (Å²) in [4.78, 5) is 28.0. The van der Waals surface area contributed by atoms with Crippen molar-refractivity contribution in [1.82, 2.24) is 14.1 Å². The van der Waals surface area contributed by atoms with Crippen LogP contribution in [0.3, 0.4) is 0 Å². The van der Waals surface area contributed by atoms with Gasteiger partial charge in [0.25, 0.3) is 5.56 Å². The van der Waals surface area contributed by atoms with Crippen molar-refractivity contribution >= 4 is 23.5 Å². The van der Waals surface area contributed by atoms with Gasteiger partial charge in [-0.05, 0) is 17.7 Å². The molecule has 0 aliphatic carbocycles. The lowest BCUT2D eigenvalue weighted by Gasteiger charge is -2.12. The molecule has 0 saturated carbocycles. The summed E-state index contributed by atoms with van der Waals surface area (Å²) in [6.45, 7) is -0.250. The maximum atomic E-state index is 12.8. The van der Waals surface area contributed by atoms with Crippen LogP contribution in [0.5, 0.6) is 0 Å². The molecule has 0 aliphatic heterocycles. The third-order valence-electron chi connectivity index (χ3n) is 3.89. The Labute approximate surface area is 162 Å². The topological polar surface area (TPSA) is 68.9 Å². The molecule has 1 aromatic carbocycles. The summed E-state index contributed by atoms with van der Waals surface area (Å²) < 4.78 is 40.7. The minimum atomic E-state index is -4.61. The standard InChI is InChI=1S/C18H14ClF3N4O2/c19-14-4-2-1-3-12(14)9-25-8-7-23-17(25)24-15(27)11-26-10-13(18(20,21)22)5-6-16(26)28/h1-8,10H,9,11H2,(H,23,24,27). The van der Waals surface area contributed by atoms with E-state index in [4.69, 9.17) is 11.6 Å². The van der Waals surface area contributed by atoms with Gasteiger partial charge in [-0.15, -0.1) is 0 Å². The predicted molar refractivity (Wildman–Crippen MR) is 97.1 cm³/mol. The molecule has 2 heterocycles. The summed E-state index contributed by atoms with van der Waals surface area (Å²) in [6.07, 6.45) is -0.923. The highest BCUT2D eigenvalue weighted by Gasteiger charge is 2.31. The fraction of sp³-hybridized carbons (Fsp3) is 0.167. The number of amides is 1. The Morgan fingerprint density at radius 3 is 2.61 bits per heavy atom. The van der Waals surface area contributed by atoms with Gasteiger partial charge in [0, 0.05) is 29.7 Å². The molecule has 0 saturated heterocycles. The van der Waals surface area contributed by atoms with Crippen molar-refractivity contribution in [1.29, 1.82) is 0 Å². The van der Waals surface area contributed by atoms with Crippen LogP contribution < -0.4 is 10.9 Å². The van der Waals surface area contributed by atoms with Crippen LogP contribution in [-0.4, -0.2) is 20.0 Å². The summed E-state index contributed by atoms with van der Waals surface area (Å²) in [7, 11) is 0. The average molecular weight is 411 g/mol. The van der Waals surface area contributed by atoms with E-state index in [0.717, 1.165) is 11.6 Å². The first-order valence-electron chi connectivity index (χ1n) is 8.06. The second kappa shape index (κ2) is 7.89. The van der Waals surface area contributed by atoms with E-state index in [1.165, 1.54) is 6.20 Å². The van der Waals surface area contributed by atoms with Crippen molar-refractivity contribution in [3.05, 3.63) is 81.5 Å². The van der Waals surface area contributed by atoms with Crippen LogP contribution in [0.15, 0.2) is 59.8 Å². The van der Waals surface area contributed by atoms with Crippen molar-refractivity contribution in [2.45, 2.75) is 19.3 Å². The lowest BCUT2D eigenvalue weighted by atomic mass is 10.2. The zero-order valence-corrected chi connectivity index (χ0v) is 15.0. The molecule has 10 heteroatoms. The molecule has 0 bridgehead atoms. The maximum absolute atomic E-state index is 12.8. The molecule has 6 nitrogen and oxygen atoms in total. The number of pyridine rings is 1. The van der Waals surface area contributed by atoms with Crippen LogP contribution >= 0.6 is 11.6 Å². The molecule has 0 fully saturated rings. The molecule has 3 rings (SSSR count). The van der Waals surface area contributed by atoms with Crippen LogP contribution in [0, 0.1) is 0 Å². The number of carbonyl (C=O) groups is 1. The maximum Gasteiger partial charge on any atom is 0.417 e. The molecule has 0 spiro atoms. The summed E-state index contributed by atoms with van der Waals surface area (Å²) >= 11 is 6.12. The average Bonchev–Trinajstić information content (AvgIpc) is 3.04. The van der Waals surface area contributed by atoms with Gasteiger partial charge in [-0.1, -0.05) is 29.8 Å². The summed E-state index contributed by atoms with van der Waals surface area (Å²) in [5.74, 6) is -0.502. The van der Waals surface area contributed by atoms with Crippen LogP contribution in [-0.2, 0) is 24.1 Å². The highest BCUT2D eigenvalue weighted by molar-refractivity contribution is 6.31. The number of alkyl halides is 3. The number of anilines is 1. The van der Waals surface area contributed by atoms with Gasteiger partial charge in [-0.2, -0.15) is 13.2 Å². The summed E-state index contributed by atoms with van der Waals surface area (Å²) in [5, 5.41) is 3.04. The number of hydrogen-bond donors (Lipinski definition) is 1. The Morgan fingerprint density at radius 1 is 1.14 bits per heavy atom. The fourth-order valence-electron chi connectivity index (χ4n) is 2.51. The van der Waals surface area contributed by atoms with Crippen LogP contribution in [0.2, 0.25) is 5.02 Å². The first-order chi connectivity index (χ1) is 13.2. The lowest BCUT2D eigenvalue weighted by molar-refractivity contribution is -0.138. The third kappa shape index (κ3) is 4.61. The molecule has 28 heavy (non-hydrogen) atoms. The minimum absolute atomic E-state index is 0.185. The van der Waals surface area contributed by atoms with Gasteiger partial charge in [0.05, 0.1) is 12.1 Å². The number of benzene rings is 1. The van der Waals surface area contributed by atoms with Gasteiger partial charge in [0.1, 0.15) is 6.54 Å². The monoisotopic (exact) mass is 410 g/mol. The number of halogens is 4. The molecule has 1 N–H and O–H groups in total. The number of carbonyl (C=O) groups excluding carboxylic acids is 1. The molecule has 0 unspecified atom stereocenters. The van der Waals surface area contributed by atoms with E-state index in [0.29, 0.717) is 28.4 Å². The Hall–Kier alpha value is -3.07. The molecule has 146 valence electrons. The van der Waals surface area contributed by atoms with E-state index >= 15 is 0 Å². The first kappa shape index (κ1) is 19.7. The van der Waals surface area contributed by atoms with Gasteiger partial charge >= 0.3 is 6.18 Å². The Morgan fingerprint density at radius 2 is 1.89 bits per heavy atom. The van der Waals surface area contributed by atoms with Crippen molar-refractivity contribution in [3.63, 3.8) is 0 Å². The van der Waals surface area contributed by atoms with Gasteiger partial charge in [0.15, 0.2) is 0 Å². The lowest BCUT2D eigenvalue weighted by Crippen LogP contribution is -2.28. The Kier molecular flexibility index (Phi) is 5.55. The Balaban J connectivity index is 1.74. The second-order valence-electron chi connectivity index (χ2n) is 5.90. The molecule has 3 aromatic rings. The van der Waals surface area contributed by atoms with E-state index in [-0.39, 0.29) is 5.95 Å². The molecule has 0 radical (unpaired) electrons. The Bertz CT molecular complexity index is 1060. The van der Waals surface area contributed by atoms with E-state index in [1.807, 2.05) is 12.1 Å². The number of imidazole rings is 1. The van der Waals surface area contributed by atoms with Gasteiger partial charge in [-0.25, -0.2) is 4.98 Å². The summed E-state index contributed by atoms with van der Waals surface area (Å²) in [6, 6.07) is 8.59. The highest BCUT2D eigenvalue weighted by atomic mass is 35.5. The van der Waals surface area contributed by atoms with E-state index in [9.17, 15) is 22.8 Å². The highest BCUT2D eigenvalue weighted by Crippen LogP contribution is 2.28. The third-order valence-corrected chi connectivity index (χ3v) is 4.26. The largest absolute Gasteiger partial charge is 0.417 e. The molecular weight excluding hydrogens is 397 g/mol. The number of nitrogens with zero attached hydrogens (tertiary/aromatic N) is 3.